The second kappa shape index (κ2) is 6.91. The van der Waals surface area contributed by atoms with Gasteiger partial charge in [-0.15, -0.1) is 0 Å². The van der Waals surface area contributed by atoms with E-state index in [4.69, 9.17) is 11.6 Å². The molecular weight excluding hydrogens is 292 g/mol. The number of rotatable bonds is 3. The number of hydrogen-bond acceptors (Lipinski definition) is 3. The van der Waals surface area contributed by atoms with E-state index in [0.717, 1.165) is 6.42 Å². The van der Waals surface area contributed by atoms with Gasteiger partial charge in [0.2, 0.25) is 5.91 Å². The molecular formula is C15H19ClN2O3. The van der Waals surface area contributed by atoms with Crippen molar-refractivity contribution in [3.63, 3.8) is 0 Å². The quantitative estimate of drug-likeness (QED) is 0.887. The van der Waals surface area contributed by atoms with Gasteiger partial charge in [-0.25, -0.2) is 0 Å². The summed E-state index contributed by atoms with van der Waals surface area (Å²) in [6.45, 7) is 2.57. The maximum absolute atomic E-state index is 12.3. The van der Waals surface area contributed by atoms with Gasteiger partial charge in [0, 0.05) is 13.1 Å². The highest BCUT2D eigenvalue weighted by molar-refractivity contribution is 6.33. The molecule has 1 aliphatic rings. The van der Waals surface area contributed by atoms with Gasteiger partial charge in [0.25, 0.3) is 5.91 Å². The SMILES string of the molecule is CC(NC(=O)c1ccccc1Cl)C(=O)N1CCCC(O)C1. The van der Waals surface area contributed by atoms with Crippen LogP contribution in [-0.4, -0.2) is 47.1 Å². The lowest BCUT2D eigenvalue weighted by molar-refractivity contribution is -0.135. The zero-order chi connectivity index (χ0) is 15.4. The van der Waals surface area contributed by atoms with Crippen molar-refractivity contribution in [3.8, 4) is 0 Å². The Bertz CT molecular complexity index is 535. The van der Waals surface area contributed by atoms with Gasteiger partial charge in [0.1, 0.15) is 6.04 Å². The summed E-state index contributed by atoms with van der Waals surface area (Å²) >= 11 is 5.96. The minimum absolute atomic E-state index is 0.186. The number of nitrogens with zero attached hydrogens (tertiary/aromatic N) is 1. The fraction of sp³-hybridized carbons (Fsp3) is 0.467. The molecule has 0 aromatic heterocycles. The zero-order valence-electron chi connectivity index (χ0n) is 11.9. The Balaban J connectivity index is 1.97. The summed E-state index contributed by atoms with van der Waals surface area (Å²) in [5, 5.41) is 12.6. The molecule has 1 fully saturated rings. The summed E-state index contributed by atoms with van der Waals surface area (Å²) in [6.07, 6.45) is 1.01. The summed E-state index contributed by atoms with van der Waals surface area (Å²) in [7, 11) is 0. The van der Waals surface area contributed by atoms with Crippen LogP contribution < -0.4 is 5.32 Å². The number of benzene rings is 1. The van der Waals surface area contributed by atoms with Gasteiger partial charge in [-0.05, 0) is 31.9 Å². The van der Waals surface area contributed by atoms with Gasteiger partial charge < -0.3 is 15.3 Å². The lowest BCUT2D eigenvalue weighted by atomic mass is 10.1. The highest BCUT2D eigenvalue weighted by Crippen LogP contribution is 2.15. The largest absolute Gasteiger partial charge is 0.391 e. The Morgan fingerprint density at radius 3 is 2.81 bits per heavy atom. The van der Waals surface area contributed by atoms with Crippen molar-refractivity contribution < 1.29 is 14.7 Å². The molecule has 2 unspecified atom stereocenters. The normalized spacial score (nSPS) is 20.0. The molecule has 6 heteroatoms. The fourth-order valence-corrected chi connectivity index (χ4v) is 2.63. The molecule has 1 aliphatic heterocycles. The first-order valence-electron chi connectivity index (χ1n) is 7.01. The Morgan fingerprint density at radius 1 is 1.43 bits per heavy atom. The Morgan fingerprint density at radius 2 is 2.14 bits per heavy atom. The van der Waals surface area contributed by atoms with Crippen LogP contribution in [0.1, 0.15) is 30.1 Å². The summed E-state index contributed by atoms with van der Waals surface area (Å²) in [5.74, 6) is -0.562. The van der Waals surface area contributed by atoms with Crippen LogP contribution in [-0.2, 0) is 4.79 Å². The average Bonchev–Trinajstić information content (AvgIpc) is 2.46. The summed E-state index contributed by atoms with van der Waals surface area (Å²) < 4.78 is 0. The van der Waals surface area contributed by atoms with E-state index in [1.165, 1.54) is 0 Å². The lowest BCUT2D eigenvalue weighted by Crippen LogP contribution is -2.51. The molecule has 1 heterocycles. The number of nitrogens with one attached hydrogen (secondary N) is 1. The number of carbonyl (C=O) groups excluding carboxylic acids is 2. The van der Waals surface area contributed by atoms with Crippen molar-refractivity contribution in [2.24, 2.45) is 0 Å². The monoisotopic (exact) mass is 310 g/mol. The van der Waals surface area contributed by atoms with E-state index in [0.29, 0.717) is 30.1 Å². The van der Waals surface area contributed by atoms with Crippen molar-refractivity contribution >= 4 is 23.4 Å². The molecule has 2 amide bonds. The summed E-state index contributed by atoms with van der Waals surface area (Å²) in [5.41, 5.74) is 0.345. The van der Waals surface area contributed by atoms with Crippen molar-refractivity contribution in [2.75, 3.05) is 13.1 Å². The summed E-state index contributed by atoms with van der Waals surface area (Å²) in [4.78, 5) is 26.0. The van der Waals surface area contributed by atoms with E-state index in [1.54, 1.807) is 36.1 Å². The van der Waals surface area contributed by atoms with Crippen LogP contribution in [0.4, 0.5) is 0 Å². The zero-order valence-corrected chi connectivity index (χ0v) is 12.6. The number of carbonyl (C=O) groups is 2. The van der Waals surface area contributed by atoms with E-state index in [2.05, 4.69) is 5.32 Å². The van der Waals surface area contributed by atoms with Crippen molar-refractivity contribution in [1.82, 2.24) is 10.2 Å². The molecule has 1 aromatic rings. The van der Waals surface area contributed by atoms with Gasteiger partial charge in [-0.3, -0.25) is 9.59 Å². The summed E-state index contributed by atoms with van der Waals surface area (Å²) in [6, 6.07) is 6.04. The van der Waals surface area contributed by atoms with Crippen molar-refractivity contribution in [2.45, 2.75) is 31.9 Å². The van der Waals surface area contributed by atoms with E-state index >= 15 is 0 Å². The number of amides is 2. The second-order valence-corrected chi connectivity index (χ2v) is 5.66. The third-order valence-electron chi connectivity index (χ3n) is 3.54. The molecule has 2 rings (SSSR count). The van der Waals surface area contributed by atoms with Crippen molar-refractivity contribution in [1.29, 1.82) is 0 Å². The van der Waals surface area contributed by atoms with Crippen LogP contribution >= 0.6 is 11.6 Å². The minimum Gasteiger partial charge on any atom is -0.391 e. The molecule has 21 heavy (non-hydrogen) atoms. The number of β-amino-alcohol motifs (C(OH)–C–C–N with tert-alkyl or cyclic N) is 1. The fourth-order valence-electron chi connectivity index (χ4n) is 2.41. The van der Waals surface area contributed by atoms with Gasteiger partial charge in [-0.2, -0.15) is 0 Å². The van der Waals surface area contributed by atoms with E-state index < -0.39 is 12.1 Å². The smallest absolute Gasteiger partial charge is 0.253 e. The maximum Gasteiger partial charge on any atom is 0.253 e. The molecule has 1 aromatic carbocycles. The first-order chi connectivity index (χ1) is 9.99. The van der Waals surface area contributed by atoms with E-state index in [1.807, 2.05) is 0 Å². The highest BCUT2D eigenvalue weighted by atomic mass is 35.5. The van der Waals surface area contributed by atoms with Gasteiger partial charge in [0.15, 0.2) is 0 Å². The van der Waals surface area contributed by atoms with Crippen LogP contribution in [0, 0.1) is 0 Å². The van der Waals surface area contributed by atoms with E-state index in [-0.39, 0.29) is 11.8 Å². The number of hydrogen-bond donors (Lipinski definition) is 2. The van der Waals surface area contributed by atoms with Crippen LogP contribution in [0.3, 0.4) is 0 Å². The van der Waals surface area contributed by atoms with Crippen LogP contribution in [0.2, 0.25) is 5.02 Å². The molecule has 0 aliphatic carbocycles. The number of aliphatic hydroxyl groups is 1. The minimum atomic E-state index is -0.654. The molecule has 0 saturated carbocycles. The average molecular weight is 311 g/mol. The molecule has 0 bridgehead atoms. The van der Waals surface area contributed by atoms with Gasteiger partial charge in [0.05, 0.1) is 16.7 Å². The molecule has 114 valence electrons. The van der Waals surface area contributed by atoms with Gasteiger partial charge in [-0.1, -0.05) is 23.7 Å². The second-order valence-electron chi connectivity index (χ2n) is 5.26. The molecule has 1 saturated heterocycles. The van der Waals surface area contributed by atoms with Crippen LogP contribution in [0.5, 0.6) is 0 Å². The predicted molar refractivity (Wildman–Crippen MR) is 80.2 cm³/mol. The number of aliphatic hydroxyl groups excluding tert-OH is 1. The number of halogens is 1. The number of likely N-dealkylation sites (tertiary alicyclic amines) is 1. The van der Waals surface area contributed by atoms with Crippen molar-refractivity contribution in [3.05, 3.63) is 34.9 Å². The molecule has 5 nitrogen and oxygen atoms in total. The lowest BCUT2D eigenvalue weighted by Gasteiger charge is -2.32. The third-order valence-corrected chi connectivity index (χ3v) is 3.87. The van der Waals surface area contributed by atoms with Gasteiger partial charge >= 0.3 is 0 Å². The Hall–Kier alpha value is -1.59. The maximum atomic E-state index is 12.3. The number of piperidine rings is 1. The first-order valence-corrected chi connectivity index (χ1v) is 7.39. The van der Waals surface area contributed by atoms with E-state index in [9.17, 15) is 14.7 Å². The topological polar surface area (TPSA) is 69.6 Å². The van der Waals surface area contributed by atoms with Crippen LogP contribution in [0.25, 0.3) is 0 Å². The molecule has 0 spiro atoms. The molecule has 2 N–H and O–H groups in total. The Kier molecular flexibility index (Phi) is 5.20. The van der Waals surface area contributed by atoms with Crippen LogP contribution in [0.15, 0.2) is 24.3 Å². The predicted octanol–water partition coefficient (Wildman–Crippen LogP) is 1.44. The standard InChI is InChI=1S/C15H19ClN2O3/c1-10(15(21)18-8-4-5-11(19)9-18)17-14(20)12-6-2-3-7-13(12)16/h2-3,6-7,10-11,19H,4-5,8-9H2,1H3,(H,17,20). The first kappa shape index (κ1) is 15.8. The Labute approximate surface area is 128 Å². The third kappa shape index (κ3) is 3.95. The molecule has 0 radical (unpaired) electrons. The molecule has 2 atom stereocenters. The highest BCUT2D eigenvalue weighted by Gasteiger charge is 2.27.